The first-order valence-corrected chi connectivity index (χ1v) is 14.0. The number of aliphatic carboxylic acids is 1. The van der Waals surface area contributed by atoms with Gasteiger partial charge in [0.25, 0.3) is 0 Å². The molecule has 1 atom stereocenters. The smallest absolute Gasteiger partial charge is 0.327 e. The number of carbonyl (C=O) groups is 3. The monoisotopic (exact) mass is 535 g/mol. The summed E-state index contributed by atoms with van der Waals surface area (Å²) < 4.78 is 0. The first kappa shape index (κ1) is 31.1. The van der Waals surface area contributed by atoms with Crippen LogP contribution in [0.1, 0.15) is 77.5 Å². The molecule has 0 saturated carbocycles. The van der Waals surface area contributed by atoms with Gasteiger partial charge in [-0.15, -0.1) is 0 Å². The van der Waals surface area contributed by atoms with Crippen molar-refractivity contribution in [2.45, 2.75) is 73.8 Å². The molecule has 0 bridgehead atoms. The number of hydrogen-bond donors (Lipinski definition) is 2. The fourth-order valence-electron chi connectivity index (χ4n) is 4.42. The number of carboxylic acid groups (broad SMARTS) is 1. The Morgan fingerprint density at radius 1 is 0.895 bits per heavy atom. The van der Waals surface area contributed by atoms with E-state index in [1.54, 1.807) is 0 Å². The highest BCUT2D eigenvalue weighted by Crippen LogP contribution is 2.41. The zero-order chi connectivity index (χ0) is 28.5. The Bertz CT molecular complexity index is 1190. The van der Waals surface area contributed by atoms with Gasteiger partial charge in [0.05, 0.1) is 0 Å². The summed E-state index contributed by atoms with van der Waals surface area (Å²) in [5, 5.41) is 11.7. The predicted molar refractivity (Wildman–Crippen MR) is 159 cm³/mol. The minimum absolute atomic E-state index is 0.0218. The fourth-order valence-corrected chi connectivity index (χ4v) is 5.31. The number of rotatable bonds is 12. The van der Waals surface area contributed by atoms with Gasteiger partial charge in [0.1, 0.15) is 6.04 Å². The Labute approximate surface area is 231 Å². The molecule has 2 aromatic rings. The topological polar surface area (TPSA) is 83.5 Å². The highest BCUT2D eigenvalue weighted by molar-refractivity contribution is 8.13. The molecule has 204 valence electrons. The maximum Gasteiger partial charge on any atom is 0.327 e. The van der Waals surface area contributed by atoms with E-state index in [2.05, 4.69) is 76.3 Å². The van der Waals surface area contributed by atoms with Crippen LogP contribution in [0.5, 0.6) is 0 Å². The van der Waals surface area contributed by atoms with Gasteiger partial charge in [0, 0.05) is 19.1 Å². The molecule has 0 aliphatic rings. The molecule has 0 fully saturated rings. The molecule has 6 heteroatoms. The second-order valence-electron chi connectivity index (χ2n) is 10.7. The number of carbonyl (C=O) groups excluding carboxylic acids is 2. The van der Waals surface area contributed by atoms with Crippen LogP contribution < -0.4 is 5.32 Å². The van der Waals surface area contributed by atoms with Gasteiger partial charge in [-0.25, -0.2) is 4.79 Å². The fraction of sp³-hybridized carbons (Fsp3) is 0.406. The summed E-state index contributed by atoms with van der Waals surface area (Å²) >= 11 is 0.943. The van der Waals surface area contributed by atoms with Crippen molar-refractivity contribution in [2.24, 2.45) is 5.41 Å². The number of allylic oxidation sites excluding steroid dienone is 4. The summed E-state index contributed by atoms with van der Waals surface area (Å²) in [5.41, 5.74) is 7.77. The van der Waals surface area contributed by atoms with Crippen LogP contribution >= 0.6 is 11.8 Å². The van der Waals surface area contributed by atoms with Crippen molar-refractivity contribution in [3.63, 3.8) is 0 Å². The normalized spacial score (nSPS) is 13.8. The molecule has 0 aliphatic heterocycles. The van der Waals surface area contributed by atoms with Crippen molar-refractivity contribution in [1.29, 1.82) is 0 Å². The Kier molecular flexibility index (Phi) is 11.6. The van der Waals surface area contributed by atoms with Gasteiger partial charge in [0.2, 0.25) is 5.91 Å². The zero-order valence-electron chi connectivity index (χ0n) is 23.7. The first-order chi connectivity index (χ1) is 17.8. The molecule has 2 aromatic carbocycles. The lowest BCUT2D eigenvalue weighted by molar-refractivity contribution is -0.140. The van der Waals surface area contributed by atoms with Crippen molar-refractivity contribution < 1.29 is 19.5 Å². The third-order valence-electron chi connectivity index (χ3n) is 6.70. The van der Waals surface area contributed by atoms with Crippen LogP contribution in [0.2, 0.25) is 0 Å². The molecule has 38 heavy (non-hydrogen) atoms. The van der Waals surface area contributed by atoms with E-state index in [-0.39, 0.29) is 22.7 Å². The quantitative estimate of drug-likeness (QED) is 0.279. The molecule has 0 aliphatic carbocycles. The second-order valence-corrected chi connectivity index (χ2v) is 11.8. The lowest BCUT2D eigenvalue weighted by Crippen LogP contribution is -2.41. The summed E-state index contributed by atoms with van der Waals surface area (Å²) in [4.78, 5) is 35.9. The van der Waals surface area contributed by atoms with Gasteiger partial charge in [-0.05, 0) is 54.9 Å². The van der Waals surface area contributed by atoms with Gasteiger partial charge >= 0.3 is 5.97 Å². The second kappa shape index (κ2) is 14.1. The molecule has 0 spiro atoms. The molecule has 1 unspecified atom stereocenters. The molecular formula is C32H41NO4S. The molecule has 5 nitrogen and oxygen atoms in total. The molecule has 0 heterocycles. The Morgan fingerprint density at radius 3 is 1.97 bits per heavy atom. The summed E-state index contributed by atoms with van der Waals surface area (Å²) in [6, 6.07) is 17.5. The number of nitrogens with one attached hydrogen (secondary N) is 1. The van der Waals surface area contributed by atoms with Crippen molar-refractivity contribution in [3.05, 3.63) is 82.4 Å². The molecule has 1 amide bonds. The van der Waals surface area contributed by atoms with E-state index in [9.17, 15) is 19.5 Å². The first-order valence-electron chi connectivity index (χ1n) is 13.0. The van der Waals surface area contributed by atoms with Crippen LogP contribution in [0.4, 0.5) is 0 Å². The number of aryl methyl sites for hydroxylation is 1. The highest BCUT2D eigenvalue weighted by Gasteiger charge is 2.24. The predicted octanol–water partition coefficient (Wildman–Crippen LogP) is 7.31. The molecule has 2 rings (SSSR count). The summed E-state index contributed by atoms with van der Waals surface area (Å²) in [6.45, 7) is 14.2. The average molecular weight is 536 g/mol. The molecule has 0 aromatic heterocycles. The van der Waals surface area contributed by atoms with E-state index in [4.69, 9.17) is 0 Å². The number of hydrogen-bond acceptors (Lipinski definition) is 4. The van der Waals surface area contributed by atoms with Gasteiger partial charge < -0.3 is 10.4 Å². The third kappa shape index (κ3) is 9.32. The van der Waals surface area contributed by atoms with Crippen molar-refractivity contribution in [1.82, 2.24) is 5.32 Å². The summed E-state index contributed by atoms with van der Waals surface area (Å²) in [7, 11) is 0. The summed E-state index contributed by atoms with van der Waals surface area (Å²) in [5.74, 6) is -1.62. The largest absolute Gasteiger partial charge is 0.480 e. The molecule has 0 saturated heterocycles. The molecule has 2 N–H and O–H groups in total. The van der Waals surface area contributed by atoms with Gasteiger partial charge in [-0.1, -0.05) is 110 Å². The van der Waals surface area contributed by atoms with Crippen LogP contribution in [0.15, 0.2) is 65.7 Å². The lowest BCUT2D eigenvalue weighted by atomic mass is 9.78. The number of carboxylic acids is 1. The number of benzene rings is 2. The van der Waals surface area contributed by atoms with Gasteiger partial charge in [-0.3, -0.25) is 9.59 Å². The summed E-state index contributed by atoms with van der Waals surface area (Å²) in [6.07, 6.45) is 2.13. The highest BCUT2D eigenvalue weighted by atomic mass is 32.2. The van der Waals surface area contributed by atoms with E-state index in [1.165, 1.54) is 12.5 Å². The van der Waals surface area contributed by atoms with Crippen LogP contribution in [0.3, 0.4) is 0 Å². The van der Waals surface area contributed by atoms with E-state index in [1.807, 2.05) is 25.1 Å². The van der Waals surface area contributed by atoms with Crippen LogP contribution in [0.25, 0.3) is 11.1 Å². The van der Waals surface area contributed by atoms with E-state index < -0.39 is 17.9 Å². The zero-order valence-corrected chi connectivity index (χ0v) is 24.5. The number of thioether (sulfide) groups is 1. The van der Waals surface area contributed by atoms with Crippen LogP contribution in [-0.2, 0) is 14.4 Å². The number of amides is 1. The van der Waals surface area contributed by atoms with Crippen molar-refractivity contribution in [2.75, 3.05) is 5.75 Å². The van der Waals surface area contributed by atoms with Crippen LogP contribution in [0, 0.1) is 12.3 Å². The standard InChI is InChI=1S/C32H41NO4S/c1-8-32(6,7)19-23(4)30(25-12-10-9-11-13-25)29(26-16-14-21(2)15-17-26)22(3)18-28(35)38-20-27(31(36)37)33-24(5)34/h9-17,27H,8,18-20H2,1-7H3,(H,33,34)(H,36,37)/b29-22+,30-23+. The third-order valence-corrected chi connectivity index (χ3v) is 7.67. The minimum atomic E-state index is -1.16. The van der Waals surface area contributed by atoms with E-state index in [0.29, 0.717) is 0 Å². The maximum absolute atomic E-state index is 13.1. The van der Waals surface area contributed by atoms with E-state index >= 15 is 0 Å². The van der Waals surface area contributed by atoms with E-state index in [0.717, 1.165) is 58.0 Å². The average Bonchev–Trinajstić information content (AvgIpc) is 2.85. The Balaban J connectivity index is 2.59. The lowest BCUT2D eigenvalue weighted by Gasteiger charge is -2.27. The van der Waals surface area contributed by atoms with Crippen molar-refractivity contribution >= 4 is 39.9 Å². The minimum Gasteiger partial charge on any atom is -0.480 e. The van der Waals surface area contributed by atoms with Gasteiger partial charge in [0.15, 0.2) is 5.12 Å². The van der Waals surface area contributed by atoms with Crippen LogP contribution in [-0.4, -0.2) is 33.9 Å². The Morgan fingerprint density at radius 2 is 1.45 bits per heavy atom. The molecule has 0 radical (unpaired) electrons. The van der Waals surface area contributed by atoms with Crippen molar-refractivity contribution in [3.8, 4) is 0 Å². The van der Waals surface area contributed by atoms with Gasteiger partial charge in [-0.2, -0.15) is 0 Å². The SMILES string of the molecule is CCC(C)(C)C/C(C)=C(/C(=C(\C)CC(=O)SCC(NC(C)=O)C(=O)O)c1ccc(C)cc1)c1ccccc1. The maximum atomic E-state index is 13.1. The molecular weight excluding hydrogens is 494 g/mol. The Hall–Kier alpha value is -3.12.